The summed E-state index contributed by atoms with van der Waals surface area (Å²) in [4.78, 5) is 3.67. The topological polar surface area (TPSA) is 46.4 Å². The molecule has 3 heterocycles. The van der Waals surface area contributed by atoms with Crippen LogP contribution in [0, 0.1) is 17.0 Å². The molecule has 1 atom stereocenters. The normalized spacial score (nSPS) is 23.6. The van der Waals surface area contributed by atoms with Gasteiger partial charge in [0.2, 0.25) is 0 Å². The zero-order valence-electron chi connectivity index (χ0n) is 20.0. The minimum Gasteiger partial charge on any atom is -0.494 e. The number of nitrogens with zero attached hydrogens (tertiary/aromatic N) is 5. The fraction of sp³-hybridized carbons (Fsp3) is 0.462. The quantitative estimate of drug-likeness (QED) is 0.425. The van der Waals surface area contributed by atoms with Gasteiger partial charge in [0.05, 0.1) is 31.1 Å². The summed E-state index contributed by atoms with van der Waals surface area (Å²) in [5.41, 5.74) is 2.12. The highest BCUT2D eigenvalue weighted by atomic mass is 35.5. The molecule has 194 valence electrons. The lowest BCUT2D eigenvalue weighted by Gasteiger charge is -2.59. The molecule has 3 aromatic rings. The minimum absolute atomic E-state index is 0.0201. The first-order chi connectivity index (χ1) is 17.7. The van der Waals surface area contributed by atoms with E-state index in [0.717, 1.165) is 36.0 Å². The molecule has 2 aromatic carbocycles. The Hall–Kier alpha value is -2.85. The number of aromatic nitrogens is 3. The van der Waals surface area contributed by atoms with Crippen LogP contribution in [0.3, 0.4) is 0 Å². The van der Waals surface area contributed by atoms with Gasteiger partial charge in [-0.3, -0.25) is 9.47 Å². The Morgan fingerprint density at radius 2 is 1.73 bits per heavy atom. The lowest BCUT2D eigenvalue weighted by molar-refractivity contribution is 0.0580. The van der Waals surface area contributed by atoms with Crippen LogP contribution >= 0.6 is 11.6 Å². The third kappa shape index (κ3) is 3.63. The smallest absolute Gasteiger partial charge is 0.265 e. The van der Waals surface area contributed by atoms with E-state index in [-0.39, 0.29) is 30.0 Å². The molecule has 7 rings (SSSR count). The maximum Gasteiger partial charge on any atom is 0.265 e. The standard InChI is InChI=1S/C26H24ClF4N5O/c1-37-21-6-20(17(28)5-18(21)29)35-12-25(13-35)7-15(8-25)24-33-32-23-11-34(22-9-26(22,30)31)10-14-4-16(27)2-3-19(14)36(23)24/h2-6,15,22H,7-13H2,1H3. The third-order valence-electron chi connectivity index (χ3n) is 8.33. The summed E-state index contributed by atoms with van der Waals surface area (Å²) in [6.45, 7) is 1.98. The van der Waals surface area contributed by atoms with Crippen molar-refractivity contribution in [3.8, 4) is 11.4 Å². The van der Waals surface area contributed by atoms with E-state index < -0.39 is 23.6 Å². The Kier molecular flexibility index (Phi) is 4.93. The molecule has 1 aromatic heterocycles. The van der Waals surface area contributed by atoms with Crippen LogP contribution in [0.4, 0.5) is 23.2 Å². The maximum absolute atomic E-state index is 14.4. The Balaban J connectivity index is 1.13. The molecule has 1 spiro atoms. The average Bonchev–Trinajstić information content (AvgIpc) is 3.31. The van der Waals surface area contributed by atoms with Crippen molar-refractivity contribution in [1.82, 2.24) is 19.7 Å². The second-order valence-electron chi connectivity index (χ2n) is 10.9. The van der Waals surface area contributed by atoms with Crippen molar-refractivity contribution in [2.24, 2.45) is 5.41 Å². The van der Waals surface area contributed by atoms with Crippen molar-refractivity contribution in [2.75, 3.05) is 25.1 Å². The molecule has 3 fully saturated rings. The highest BCUT2D eigenvalue weighted by Crippen LogP contribution is 2.57. The fourth-order valence-corrected chi connectivity index (χ4v) is 6.60. The predicted octanol–water partition coefficient (Wildman–Crippen LogP) is 5.31. The number of alkyl halides is 2. The molecule has 2 aliphatic heterocycles. The Labute approximate surface area is 215 Å². The number of hydrogen-bond acceptors (Lipinski definition) is 5. The van der Waals surface area contributed by atoms with Crippen LogP contribution in [0.25, 0.3) is 5.69 Å². The molecule has 0 amide bonds. The minimum atomic E-state index is -2.68. The van der Waals surface area contributed by atoms with Crippen molar-refractivity contribution in [1.29, 1.82) is 0 Å². The second-order valence-corrected chi connectivity index (χ2v) is 11.3. The number of rotatable bonds is 4. The molecule has 0 bridgehead atoms. The van der Waals surface area contributed by atoms with Crippen LogP contribution in [0.2, 0.25) is 5.02 Å². The fourth-order valence-electron chi connectivity index (χ4n) is 6.41. The molecule has 37 heavy (non-hydrogen) atoms. The molecule has 4 aliphatic rings. The van der Waals surface area contributed by atoms with Gasteiger partial charge in [-0.1, -0.05) is 11.6 Å². The van der Waals surface area contributed by atoms with E-state index in [4.69, 9.17) is 16.3 Å². The van der Waals surface area contributed by atoms with Gasteiger partial charge in [-0.15, -0.1) is 10.2 Å². The largest absolute Gasteiger partial charge is 0.494 e. The van der Waals surface area contributed by atoms with Gasteiger partial charge in [-0.25, -0.2) is 17.6 Å². The van der Waals surface area contributed by atoms with Crippen LogP contribution < -0.4 is 9.64 Å². The second kappa shape index (κ2) is 7.83. The molecular formula is C26H24ClF4N5O. The van der Waals surface area contributed by atoms with Crippen molar-refractivity contribution in [3.05, 3.63) is 64.2 Å². The molecule has 0 radical (unpaired) electrons. The van der Waals surface area contributed by atoms with E-state index >= 15 is 0 Å². The van der Waals surface area contributed by atoms with E-state index in [0.29, 0.717) is 36.2 Å². The number of ether oxygens (including phenoxy) is 1. The summed E-state index contributed by atoms with van der Waals surface area (Å²) in [7, 11) is 1.36. The Bertz CT molecular complexity index is 1410. The summed E-state index contributed by atoms with van der Waals surface area (Å²) in [6.07, 6.45) is 1.57. The van der Waals surface area contributed by atoms with Crippen molar-refractivity contribution < 1.29 is 22.3 Å². The highest BCUT2D eigenvalue weighted by molar-refractivity contribution is 6.30. The summed E-state index contributed by atoms with van der Waals surface area (Å²) in [6, 6.07) is 7.01. The van der Waals surface area contributed by atoms with Gasteiger partial charge in [0.15, 0.2) is 17.4 Å². The Morgan fingerprint density at radius 3 is 2.43 bits per heavy atom. The first-order valence-corrected chi connectivity index (χ1v) is 12.7. The number of anilines is 1. The van der Waals surface area contributed by atoms with Crippen molar-refractivity contribution in [3.63, 3.8) is 0 Å². The van der Waals surface area contributed by atoms with E-state index in [9.17, 15) is 17.6 Å². The van der Waals surface area contributed by atoms with Gasteiger partial charge in [0.1, 0.15) is 11.6 Å². The molecule has 1 unspecified atom stereocenters. The summed E-state index contributed by atoms with van der Waals surface area (Å²) < 4.78 is 63.2. The zero-order chi connectivity index (χ0) is 25.7. The monoisotopic (exact) mass is 533 g/mol. The highest BCUT2D eigenvalue weighted by Gasteiger charge is 2.60. The molecule has 1 saturated heterocycles. The van der Waals surface area contributed by atoms with Crippen LogP contribution in [-0.4, -0.2) is 51.8 Å². The van der Waals surface area contributed by atoms with E-state index in [1.807, 2.05) is 21.6 Å². The lowest BCUT2D eigenvalue weighted by Crippen LogP contribution is -2.62. The molecule has 0 N–H and O–H groups in total. The third-order valence-corrected chi connectivity index (χ3v) is 8.56. The molecule has 2 saturated carbocycles. The maximum atomic E-state index is 14.4. The summed E-state index contributed by atoms with van der Waals surface area (Å²) in [5, 5.41) is 9.50. The summed E-state index contributed by atoms with van der Waals surface area (Å²) in [5.74, 6) is -2.37. The van der Waals surface area contributed by atoms with Gasteiger partial charge in [-0.2, -0.15) is 0 Å². The SMILES string of the molecule is COc1cc(N2CC3(CC(c4nnc5n4-c4ccc(Cl)cc4CN(C4CC4(F)F)C5)C3)C2)c(F)cc1F. The molecule has 11 heteroatoms. The van der Waals surface area contributed by atoms with Crippen LogP contribution in [0.15, 0.2) is 30.3 Å². The van der Waals surface area contributed by atoms with Crippen LogP contribution in [0.1, 0.15) is 42.4 Å². The van der Waals surface area contributed by atoms with Gasteiger partial charge in [-0.05, 0) is 36.6 Å². The lowest BCUT2D eigenvalue weighted by atomic mass is 9.57. The van der Waals surface area contributed by atoms with Crippen molar-refractivity contribution in [2.45, 2.75) is 50.2 Å². The van der Waals surface area contributed by atoms with Gasteiger partial charge in [0, 0.05) is 54.5 Å². The zero-order valence-corrected chi connectivity index (χ0v) is 20.8. The predicted molar refractivity (Wildman–Crippen MR) is 128 cm³/mol. The van der Waals surface area contributed by atoms with E-state index in [1.54, 1.807) is 11.0 Å². The first-order valence-electron chi connectivity index (χ1n) is 12.3. The summed E-state index contributed by atoms with van der Waals surface area (Å²) >= 11 is 6.27. The van der Waals surface area contributed by atoms with Crippen molar-refractivity contribution >= 4 is 17.3 Å². The number of methoxy groups -OCH3 is 1. The first kappa shape index (κ1) is 23.3. The van der Waals surface area contributed by atoms with Gasteiger partial charge < -0.3 is 9.64 Å². The van der Waals surface area contributed by atoms with Crippen LogP contribution in [-0.2, 0) is 13.1 Å². The number of benzene rings is 2. The Morgan fingerprint density at radius 1 is 0.973 bits per heavy atom. The number of halogens is 5. The molecule has 6 nitrogen and oxygen atoms in total. The van der Waals surface area contributed by atoms with Crippen LogP contribution in [0.5, 0.6) is 5.75 Å². The van der Waals surface area contributed by atoms with E-state index in [1.165, 1.54) is 13.2 Å². The number of fused-ring (bicyclic) bond motifs is 3. The average molecular weight is 534 g/mol. The number of hydrogen-bond donors (Lipinski definition) is 0. The van der Waals surface area contributed by atoms with Gasteiger partial charge >= 0.3 is 0 Å². The van der Waals surface area contributed by atoms with Gasteiger partial charge in [0.25, 0.3) is 5.92 Å². The molecular weight excluding hydrogens is 510 g/mol. The molecule has 2 aliphatic carbocycles. The van der Waals surface area contributed by atoms with E-state index in [2.05, 4.69) is 10.2 Å².